The molecule has 0 fully saturated rings. The van der Waals surface area contributed by atoms with E-state index in [-0.39, 0.29) is 5.38 Å². The van der Waals surface area contributed by atoms with Crippen molar-refractivity contribution in [2.75, 3.05) is 0 Å². The van der Waals surface area contributed by atoms with Gasteiger partial charge < -0.3 is 0 Å². The first-order chi connectivity index (χ1) is 4.33. The molecule has 0 aromatic rings. The van der Waals surface area contributed by atoms with Gasteiger partial charge in [-0.2, -0.15) is 0 Å². The fourth-order valence-corrected chi connectivity index (χ4v) is 0.860. The molecule has 0 bridgehead atoms. The highest BCUT2D eigenvalue weighted by molar-refractivity contribution is 6.22. The SMILES string of the molecule is O=CC1=CCC(Cl)C=C1. The van der Waals surface area contributed by atoms with Crippen LogP contribution < -0.4 is 0 Å². The second-order valence-electron chi connectivity index (χ2n) is 1.93. The number of aldehydes is 1. The van der Waals surface area contributed by atoms with Crippen molar-refractivity contribution in [3.05, 3.63) is 23.8 Å². The zero-order chi connectivity index (χ0) is 6.69. The quantitative estimate of drug-likeness (QED) is 0.402. The van der Waals surface area contributed by atoms with E-state index in [1.807, 2.05) is 12.2 Å². The van der Waals surface area contributed by atoms with Crippen LogP contribution in [0.2, 0.25) is 0 Å². The van der Waals surface area contributed by atoms with Gasteiger partial charge in [0.1, 0.15) is 6.29 Å². The van der Waals surface area contributed by atoms with Gasteiger partial charge in [0.25, 0.3) is 0 Å². The van der Waals surface area contributed by atoms with Crippen LogP contribution in [-0.4, -0.2) is 11.7 Å². The van der Waals surface area contributed by atoms with Crippen LogP contribution in [-0.2, 0) is 4.79 Å². The zero-order valence-corrected chi connectivity index (χ0v) is 5.64. The minimum Gasteiger partial charge on any atom is -0.298 e. The maximum atomic E-state index is 10.1. The molecule has 1 aliphatic carbocycles. The van der Waals surface area contributed by atoms with Crippen molar-refractivity contribution in [1.82, 2.24) is 0 Å². The molecule has 0 heterocycles. The Hall–Kier alpha value is -0.560. The number of allylic oxidation sites excluding steroid dienone is 4. The summed E-state index contributed by atoms with van der Waals surface area (Å²) >= 11 is 5.69. The average Bonchev–Trinajstić information content (AvgIpc) is 1.90. The average molecular weight is 143 g/mol. The van der Waals surface area contributed by atoms with Gasteiger partial charge in [0.15, 0.2) is 0 Å². The van der Waals surface area contributed by atoms with Crippen molar-refractivity contribution >= 4 is 17.9 Å². The van der Waals surface area contributed by atoms with E-state index in [0.717, 1.165) is 18.3 Å². The third-order valence-electron chi connectivity index (χ3n) is 1.21. The molecule has 0 saturated carbocycles. The van der Waals surface area contributed by atoms with Crippen molar-refractivity contribution in [3.63, 3.8) is 0 Å². The van der Waals surface area contributed by atoms with Crippen molar-refractivity contribution in [3.8, 4) is 0 Å². The lowest BCUT2D eigenvalue weighted by atomic mass is 10.1. The van der Waals surface area contributed by atoms with Gasteiger partial charge in [0, 0.05) is 5.57 Å². The summed E-state index contributed by atoms with van der Waals surface area (Å²) < 4.78 is 0. The lowest BCUT2D eigenvalue weighted by Crippen LogP contribution is -1.97. The van der Waals surface area contributed by atoms with Crippen LogP contribution in [0.15, 0.2) is 23.8 Å². The predicted octanol–water partition coefficient (Wildman–Crippen LogP) is 1.68. The van der Waals surface area contributed by atoms with Crippen LogP contribution >= 0.6 is 11.6 Å². The Labute approximate surface area is 59.0 Å². The largest absolute Gasteiger partial charge is 0.298 e. The van der Waals surface area contributed by atoms with E-state index in [0.29, 0.717) is 0 Å². The number of alkyl halides is 1. The molecule has 0 aromatic heterocycles. The minimum atomic E-state index is 0.0775. The van der Waals surface area contributed by atoms with Crippen molar-refractivity contribution in [2.24, 2.45) is 0 Å². The number of hydrogen-bond acceptors (Lipinski definition) is 1. The first-order valence-corrected chi connectivity index (χ1v) is 3.24. The lowest BCUT2D eigenvalue weighted by Gasteiger charge is -2.04. The highest BCUT2D eigenvalue weighted by atomic mass is 35.5. The summed E-state index contributed by atoms with van der Waals surface area (Å²) in [6.07, 6.45) is 7.01. The van der Waals surface area contributed by atoms with Crippen LogP contribution in [0.3, 0.4) is 0 Å². The third-order valence-corrected chi connectivity index (χ3v) is 1.54. The molecular formula is C7H7ClO. The summed E-state index contributed by atoms with van der Waals surface area (Å²) in [6, 6.07) is 0. The Morgan fingerprint density at radius 3 is 3.00 bits per heavy atom. The first-order valence-electron chi connectivity index (χ1n) is 2.80. The number of halogens is 1. The second-order valence-corrected chi connectivity index (χ2v) is 2.49. The molecule has 1 unspecified atom stereocenters. The molecular weight excluding hydrogens is 136 g/mol. The van der Waals surface area contributed by atoms with E-state index >= 15 is 0 Å². The van der Waals surface area contributed by atoms with Crippen LogP contribution in [0.4, 0.5) is 0 Å². The molecule has 0 N–H and O–H groups in total. The topological polar surface area (TPSA) is 17.1 Å². The fraction of sp³-hybridized carbons (Fsp3) is 0.286. The number of carbonyl (C=O) groups excluding carboxylic acids is 1. The molecule has 1 nitrogen and oxygen atoms in total. The van der Waals surface area contributed by atoms with Crippen LogP contribution in [0.25, 0.3) is 0 Å². The molecule has 0 aliphatic heterocycles. The Kier molecular flexibility index (Phi) is 2.06. The van der Waals surface area contributed by atoms with Gasteiger partial charge in [-0.1, -0.05) is 18.2 Å². The third kappa shape index (κ3) is 1.68. The maximum Gasteiger partial charge on any atom is 0.149 e. The summed E-state index contributed by atoms with van der Waals surface area (Å²) in [5, 5.41) is 0.0775. The van der Waals surface area contributed by atoms with Gasteiger partial charge in [0.2, 0.25) is 0 Å². The van der Waals surface area contributed by atoms with Gasteiger partial charge in [-0.3, -0.25) is 4.79 Å². The van der Waals surface area contributed by atoms with Gasteiger partial charge in [-0.15, -0.1) is 11.6 Å². The van der Waals surface area contributed by atoms with Crippen molar-refractivity contribution in [2.45, 2.75) is 11.8 Å². The summed E-state index contributed by atoms with van der Waals surface area (Å²) in [6.45, 7) is 0. The summed E-state index contributed by atoms with van der Waals surface area (Å²) in [5.41, 5.74) is 0.729. The molecule has 9 heavy (non-hydrogen) atoms. The molecule has 1 aliphatic rings. The van der Waals surface area contributed by atoms with E-state index in [2.05, 4.69) is 0 Å². The number of hydrogen-bond donors (Lipinski definition) is 0. The summed E-state index contributed by atoms with van der Waals surface area (Å²) in [5.74, 6) is 0. The van der Waals surface area contributed by atoms with Crippen molar-refractivity contribution < 1.29 is 4.79 Å². The lowest BCUT2D eigenvalue weighted by molar-refractivity contribution is -0.104. The Bertz CT molecular complexity index is 170. The van der Waals surface area contributed by atoms with Crippen LogP contribution in [0, 0.1) is 0 Å². The Morgan fingerprint density at radius 1 is 1.78 bits per heavy atom. The number of rotatable bonds is 1. The monoisotopic (exact) mass is 142 g/mol. The summed E-state index contributed by atoms with van der Waals surface area (Å²) in [7, 11) is 0. The van der Waals surface area contributed by atoms with Crippen LogP contribution in [0.5, 0.6) is 0 Å². The van der Waals surface area contributed by atoms with Gasteiger partial charge >= 0.3 is 0 Å². The molecule has 0 aromatic carbocycles. The van der Waals surface area contributed by atoms with Crippen LogP contribution in [0.1, 0.15) is 6.42 Å². The highest BCUT2D eigenvalue weighted by Gasteiger charge is 2.02. The maximum absolute atomic E-state index is 10.1. The minimum absolute atomic E-state index is 0.0775. The fourth-order valence-electron chi connectivity index (χ4n) is 0.698. The molecule has 2 heteroatoms. The molecule has 0 spiro atoms. The standard InChI is InChI=1S/C7H7ClO/c8-7-3-1-6(5-9)2-4-7/h1-3,5,7H,4H2. The van der Waals surface area contributed by atoms with Crippen molar-refractivity contribution in [1.29, 1.82) is 0 Å². The van der Waals surface area contributed by atoms with Gasteiger partial charge in [0.05, 0.1) is 5.38 Å². The first kappa shape index (κ1) is 6.56. The highest BCUT2D eigenvalue weighted by Crippen LogP contribution is 2.12. The van der Waals surface area contributed by atoms with E-state index in [1.165, 1.54) is 0 Å². The number of carbonyl (C=O) groups is 1. The van der Waals surface area contributed by atoms with E-state index in [9.17, 15) is 4.79 Å². The van der Waals surface area contributed by atoms with E-state index in [1.54, 1.807) is 6.08 Å². The second kappa shape index (κ2) is 2.83. The van der Waals surface area contributed by atoms with Gasteiger partial charge in [-0.05, 0) is 6.42 Å². The molecule has 0 saturated heterocycles. The molecule has 0 radical (unpaired) electrons. The molecule has 48 valence electrons. The molecule has 1 atom stereocenters. The molecule has 0 amide bonds. The predicted molar refractivity (Wildman–Crippen MR) is 37.5 cm³/mol. The van der Waals surface area contributed by atoms with E-state index < -0.39 is 0 Å². The Balaban J connectivity index is 2.62. The van der Waals surface area contributed by atoms with Gasteiger partial charge in [-0.25, -0.2) is 0 Å². The molecule has 1 rings (SSSR count). The normalized spacial score (nSPS) is 25.4. The van der Waals surface area contributed by atoms with E-state index in [4.69, 9.17) is 11.6 Å². The smallest absolute Gasteiger partial charge is 0.149 e. The Morgan fingerprint density at radius 2 is 2.56 bits per heavy atom. The zero-order valence-electron chi connectivity index (χ0n) is 4.88. The summed E-state index contributed by atoms with van der Waals surface area (Å²) in [4.78, 5) is 10.1.